The van der Waals surface area contributed by atoms with Crippen LogP contribution in [0, 0.1) is 0 Å². The Balaban J connectivity index is 1.45. The number of alkyl halides is 3. The Labute approximate surface area is 190 Å². The zero-order valence-electron chi connectivity index (χ0n) is 17.0. The van der Waals surface area contributed by atoms with E-state index in [9.17, 15) is 21.6 Å². The van der Waals surface area contributed by atoms with Crippen LogP contribution < -0.4 is 4.31 Å². The number of sulfonamides is 1. The molecular formula is C24H20F3NO2S2. The molecule has 166 valence electrons. The van der Waals surface area contributed by atoms with Crippen LogP contribution in [0.1, 0.15) is 22.3 Å². The van der Waals surface area contributed by atoms with Crippen LogP contribution in [0.2, 0.25) is 0 Å². The average molecular weight is 476 g/mol. The molecule has 3 aromatic carbocycles. The van der Waals surface area contributed by atoms with E-state index in [0.717, 1.165) is 23.3 Å². The maximum atomic E-state index is 13.1. The van der Waals surface area contributed by atoms with E-state index in [1.54, 1.807) is 36.4 Å². The van der Waals surface area contributed by atoms with Gasteiger partial charge in [-0.25, -0.2) is 8.42 Å². The Morgan fingerprint density at radius 1 is 0.906 bits per heavy atom. The predicted molar refractivity (Wildman–Crippen MR) is 123 cm³/mol. The normalized spacial score (nSPS) is 13.8. The van der Waals surface area contributed by atoms with Crippen molar-refractivity contribution in [3.63, 3.8) is 0 Å². The lowest BCUT2D eigenvalue weighted by atomic mass is 10.0. The molecule has 3 nitrogen and oxygen atoms in total. The van der Waals surface area contributed by atoms with E-state index in [0.29, 0.717) is 35.5 Å². The number of hydrogen-bond acceptors (Lipinski definition) is 3. The summed E-state index contributed by atoms with van der Waals surface area (Å²) in [5.74, 6) is 0. The largest absolute Gasteiger partial charge is 0.416 e. The van der Waals surface area contributed by atoms with Gasteiger partial charge in [0.2, 0.25) is 0 Å². The van der Waals surface area contributed by atoms with Crippen molar-refractivity contribution in [1.29, 1.82) is 0 Å². The summed E-state index contributed by atoms with van der Waals surface area (Å²) in [6.45, 7) is 0.407. The fourth-order valence-corrected chi connectivity index (χ4v) is 5.68. The molecule has 8 heteroatoms. The molecule has 1 aliphatic heterocycles. The fourth-order valence-electron chi connectivity index (χ4n) is 3.84. The van der Waals surface area contributed by atoms with Crippen molar-refractivity contribution < 1.29 is 21.6 Å². The number of halogens is 3. The minimum Gasteiger partial charge on any atom is -0.266 e. The lowest BCUT2D eigenvalue weighted by Crippen LogP contribution is -2.29. The molecule has 4 rings (SSSR count). The first-order valence-electron chi connectivity index (χ1n) is 10.0. The second-order valence-electron chi connectivity index (χ2n) is 7.69. The topological polar surface area (TPSA) is 37.4 Å². The first-order valence-corrected chi connectivity index (χ1v) is 11.9. The van der Waals surface area contributed by atoms with Gasteiger partial charge in [-0.3, -0.25) is 4.31 Å². The maximum Gasteiger partial charge on any atom is 0.416 e. The zero-order chi connectivity index (χ0) is 22.9. The minimum atomic E-state index is -4.39. The number of anilines is 1. The van der Waals surface area contributed by atoms with E-state index in [2.05, 4.69) is 0 Å². The Morgan fingerprint density at radius 2 is 1.59 bits per heavy atom. The molecule has 3 aromatic rings. The van der Waals surface area contributed by atoms with Gasteiger partial charge < -0.3 is 0 Å². The van der Waals surface area contributed by atoms with Crippen molar-refractivity contribution in [3.05, 3.63) is 95.1 Å². The number of benzene rings is 3. The molecule has 0 saturated carbocycles. The lowest BCUT2D eigenvalue weighted by molar-refractivity contribution is -0.137. The highest BCUT2D eigenvalue weighted by molar-refractivity contribution is 7.92. The lowest BCUT2D eigenvalue weighted by Gasteiger charge is -2.19. The quantitative estimate of drug-likeness (QED) is 0.435. The maximum absolute atomic E-state index is 13.1. The smallest absolute Gasteiger partial charge is 0.266 e. The van der Waals surface area contributed by atoms with E-state index in [1.807, 2.05) is 18.2 Å². The fraction of sp³-hybridized carbons (Fsp3) is 0.208. The summed E-state index contributed by atoms with van der Waals surface area (Å²) in [5, 5.41) is 0. The minimum absolute atomic E-state index is 0.196. The molecule has 0 fully saturated rings. The van der Waals surface area contributed by atoms with E-state index in [-0.39, 0.29) is 11.3 Å². The average Bonchev–Trinajstić information content (AvgIpc) is 3.19. The van der Waals surface area contributed by atoms with Gasteiger partial charge in [0.1, 0.15) is 0 Å². The van der Waals surface area contributed by atoms with Crippen LogP contribution in [-0.4, -0.2) is 19.8 Å². The zero-order valence-corrected chi connectivity index (χ0v) is 18.6. The van der Waals surface area contributed by atoms with E-state index < -0.39 is 21.8 Å². The molecule has 0 radical (unpaired) electrons. The van der Waals surface area contributed by atoms with Gasteiger partial charge in [-0.1, -0.05) is 60.7 Å². The van der Waals surface area contributed by atoms with E-state index in [4.69, 9.17) is 12.2 Å². The van der Waals surface area contributed by atoms with Crippen molar-refractivity contribution in [3.8, 4) is 0 Å². The highest BCUT2D eigenvalue weighted by Gasteiger charge is 2.31. The molecule has 0 aliphatic carbocycles. The van der Waals surface area contributed by atoms with Gasteiger partial charge in [0.25, 0.3) is 10.0 Å². The van der Waals surface area contributed by atoms with Crippen LogP contribution in [0.3, 0.4) is 0 Å². The molecule has 32 heavy (non-hydrogen) atoms. The van der Waals surface area contributed by atoms with Crippen molar-refractivity contribution in [1.82, 2.24) is 0 Å². The monoisotopic (exact) mass is 475 g/mol. The molecule has 1 aliphatic rings. The molecule has 0 aromatic heterocycles. The van der Waals surface area contributed by atoms with Crippen molar-refractivity contribution >= 4 is 32.8 Å². The van der Waals surface area contributed by atoms with Gasteiger partial charge in [-0.05, 0) is 47.4 Å². The van der Waals surface area contributed by atoms with Gasteiger partial charge in [0, 0.05) is 24.3 Å². The molecule has 0 bridgehead atoms. The van der Waals surface area contributed by atoms with Crippen molar-refractivity contribution in [2.24, 2.45) is 0 Å². The molecule has 0 unspecified atom stereocenters. The van der Waals surface area contributed by atoms with Crippen LogP contribution in [0.15, 0.2) is 77.7 Å². The van der Waals surface area contributed by atoms with Crippen LogP contribution in [0.4, 0.5) is 18.9 Å². The Kier molecular flexibility index (Phi) is 6.09. The Morgan fingerprint density at radius 3 is 2.31 bits per heavy atom. The first kappa shape index (κ1) is 22.5. The summed E-state index contributed by atoms with van der Waals surface area (Å²) in [7, 11) is -3.67. The first-order chi connectivity index (χ1) is 15.1. The highest BCUT2D eigenvalue weighted by Crippen LogP contribution is 2.33. The SMILES string of the molecule is O=S(=O)(c1ccc(CC(=S)Cc2cccc(C(F)(F)F)c2)cc1)N1CCc2ccccc21. The predicted octanol–water partition coefficient (Wildman–Crippen LogP) is 5.61. The number of thiocarbonyl (C=S) groups is 1. The summed E-state index contributed by atoms with van der Waals surface area (Å²) in [6.07, 6.45) is -3.10. The second kappa shape index (κ2) is 8.67. The van der Waals surface area contributed by atoms with Gasteiger partial charge in [-0.15, -0.1) is 0 Å². The number of hydrogen-bond donors (Lipinski definition) is 0. The molecule has 0 spiro atoms. The van der Waals surface area contributed by atoms with Gasteiger partial charge in [0.05, 0.1) is 16.1 Å². The third-order valence-corrected chi connectivity index (χ3v) is 7.53. The summed E-state index contributed by atoms with van der Waals surface area (Å²) < 4.78 is 66.3. The Hall–Kier alpha value is -2.71. The van der Waals surface area contributed by atoms with Gasteiger partial charge >= 0.3 is 6.18 Å². The Bertz CT molecular complexity index is 1250. The number of para-hydroxylation sites is 1. The standard InChI is InChI=1S/C24H20F3NO2S2/c25-24(26,27)20-6-3-4-18(14-20)16-21(31)15-17-8-10-22(11-9-17)32(29,30)28-13-12-19-5-1-2-7-23(19)28/h1-11,14H,12-13,15-16H2. The van der Waals surface area contributed by atoms with Crippen LogP contribution in [-0.2, 0) is 35.5 Å². The number of fused-ring (bicyclic) bond motifs is 1. The van der Waals surface area contributed by atoms with Crippen LogP contribution in [0.25, 0.3) is 0 Å². The van der Waals surface area contributed by atoms with Crippen LogP contribution >= 0.6 is 12.2 Å². The summed E-state index contributed by atoms with van der Waals surface area (Å²) in [6, 6.07) is 19.1. The van der Waals surface area contributed by atoms with Crippen LogP contribution in [0.5, 0.6) is 0 Å². The van der Waals surface area contributed by atoms with Crippen molar-refractivity contribution in [2.75, 3.05) is 10.8 Å². The molecule has 0 atom stereocenters. The third-order valence-electron chi connectivity index (χ3n) is 5.41. The highest BCUT2D eigenvalue weighted by atomic mass is 32.2. The molecular weight excluding hydrogens is 455 g/mol. The summed E-state index contributed by atoms with van der Waals surface area (Å²) >= 11 is 5.38. The van der Waals surface area contributed by atoms with Gasteiger partial charge in [0.15, 0.2) is 0 Å². The van der Waals surface area contributed by atoms with E-state index in [1.165, 1.54) is 10.4 Å². The summed E-state index contributed by atoms with van der Waals surface area (Å²) in [4.78, 5) is 0.773. The van der Waals surface area contributed by atoms with Gasteiger partial charge in [-0.2, -0.15) is 13.2 Å². The molecule has 0 saturated heterocycles. The summed E-state index contributed by atoms with van der Waals surface area (Å²) in [5.41, 5.74) is 2.32. The number of rotatable bonds is 6. The number of nitrogens with zero attached hydrogens (tertiary/aromatic N) is 1. The molecule has 0 N–H and O–H groups in total. The third kappa shape index (κ3) is 4.71. The second-order valence-corrected chi connectivity index (χ2v) is 10.1. The van der Waals surface area contributed by atoms with E-state index >= 15 is 0 Å². The molecule has 1 heterocycles. The van der Waals surface area contributed by atoms with Crippen molar-refractivity contribution in [2.45, 2.75) is 30.3 Å². The molecule has 0 amide bonds.